The first-order chi connectivity index (χ1) is 15.3. The molecule has 0 radical (unpaired) electrons. The Morgan fingerprint density at radius 2 is 1.75 bits per heavy atom. The number of nitrogens with one attached hydrogen (secondary N) is 1. The molecule has 8 nitrogen and oxygen atoms in total. The molecule has 172 valence electrons. The van der Waals surface area contributed by atoms with Crippen LogP contribution in [0.1, 0.15) is 42.2 Å². The second-order valence-corrected chi connectivity index (χ2v) is 9.66. The van der Waals surface area contributed by atoms with Crippen molar-refractivity contribution >= 4 is 21.9 Å². The summed E-state index contributed by atoms with van der Waals surface area (Å²) >= 11 is 0. The number of carbonyl (C=O) groups excluding carboxylic acids is 2. The largest absolute Gasteiger partial charge is 0.463 e. The zero-order valence-electron chi connectivity index (χ0n) is 18.2. The summed E-state index contributed by atoms with van der Waals surface area (Å²) in [4.78, 5) is 25.3. The van der Waals surface area contributed by atoms with Gasteiger partial charge in [0.15, 0.2) is 0 Å². The second-order valence-electron chi connectivity index (χ2n) is 7.72. The summed E-state index contributed by atoms with van der Waals surface area (Å²) < 4.78 is 37.7. The molecule has 1 unspecified atom stereocenters. The molecule has 0 bridgehead atoms. The number of hydrogen-bond acceptors (Lipinski definition) is 6. The van der Waals surface area contributed by atoms with Crippen LogP contribution < -0.4 is 5.32 Å². The molecular weight excluding hydrogens is 432 g/mol. The molecule has 1 fully saturated rings. The van der Waals surface area contributed by atoms with Crippen molar-refractivity contribution in [1.82, 2.24) is 9.62 Å². The number of rotatable bonds is 8. The van der Waals surface area contributed by atoms with Gasteiger partial charge in [0, 0.05) is 18.7 Å². The van der Waals surface area contributed by atoms with Gasteiger partial charge in [-0.1, -0.05) is 36.4 Å². The summed E-state index contributed by atoms with van der Waals surface area (Å²) in [5.74, 6) is -0.909. The van der Waals surface area contributed by atoms with Crippen molar-refractivity contribution in [2.75, 3.05) is 26.3 Å². The molecule has 1 heterocycles. The molecule has 0 aliphatic carbocycles. The van der Waals surface area contributed by atoms with Gasteiger partial charge in [-0.2, -0.15) is 4.31 Å². The molecule has 3 rings (SSSR count). The molecule has 0 saturated carbocycles. The zero-order valence-corrected chi connectivity index (χ0v) is 19.0. The van der Waals surface area contributed by atoms with Gasteiger partial charge in [-0.15, -0.1) is 0 Å². The summed E-state index contributed by atoms with van der Waals surface area (Å²) in [7, 11) is -3.73. The van der Waals surface area contributed by atoms with Crippen molar-refractivity contribution in [3.63, 3.8) is 0 Å². The molecule has 0 aromatic heterocycles. The van der Waals surface area contributed by atoms with Crippen molar-refractivity contribution in [3.05, 3.63) is 65.7 Å². The molecule has 1 saturated heterocycles. The molecule has 1 amide bonds. The van der Waals surface area contributed by atoms with Gasteiger partial charge >= 0.3 is 5.97 Å². The number of esters is 1. The van der Waals surface area contributed by atoms with Crippen LogP contribution >= 0.6 is 0 Å². The summed E-state index contributed by atoms with van der Waals surface area (Å²) in [5, 5.41) is 2.84. The van der Waals surface area contributed by atoms with Crippen LogP contribution in [0.25, 0.3) is 0 Å². The first-order valence-electron chi connectivity index (χ1n) is 10.5. The van der Waals surface area contributed by atoms with Crippen LogP contribution in [-0.4, -0.2) is 57.0 Å². The number of hydrogen-bond donors (Lipinski definition) is 1. The number of ether oxygens (including phenoxy) is 2. The van der Waals surface area contributed by atoms with Crippen LogP contribution in [0.4, 0.5) is 0 Å². The fourth-order valence-corrected chi connectivity index (χ4v) is 4.84. The Labute approximate surface area is 188 Å². The number of nitrogens with zero attached hydrogens (tertiary/aromatic N) is 1. The number of amides is 1. The summed E-state index contributed by atoms with van der Waals surface area (Å²) in [6.45, 7) is 4.73. The zero-order chi connectivity index (χ0) is 23.1. The smallest absolute Gasteiger partial charge is 0.308 e. The lowest BCUT2D eigenvalue weighted by atomic mass is 10.0. The molecule has 0 spiro atoms. The van der Waals surface area contributed by atoms with Crippen LogP contribution in [0.15, 0.2) is 59.5 Å². The lowest BCUT2D eigenvalue weighted by Crippen LogP contribution is -2.40. The highest BCUT2D eigenvalue weighted by atomic mass is 32.2. The van der Waals surface area contributed by atoms with Gasteiger partial charge in [-0.25, -0.2) is 8.42 Å². The van der Waals surface area contributed by atoms with Crippen LogP contribution in [0, 0.1) is 0 Å². The second kappa shape index (κ2) is 10.7. The van der Waals surface area contributed by atoms with E-state index in [0.29, 0.717) is 13.2 Å². The monoisotopic (exact) mass is 460 g/mol. The Morgan fingerprint density at radius 3 is 2.41 bits per heavy atom. The third-order valence-electron chi connectivity index (χ3n) is 4.95. The maximum Gasteiger partial charge on any atom is 0.308 e. The summed E-state index contributed by atoms with van der Waals surface area (Å²) in [5.41, 5.74) is 0.941. The molecular formula is C23H28N2O6S. The quantitative estimate of drug-likeness (QED) is 0.608. The molecule has 1 N–H and O–H groups in total. The van der Waals surface area contributed by atoms with E-state index in [1.165, 1.54) is 22.5 Å². The summed E-state index contributed by atoms with van der Waals surface area (Å²) in [6, 6.07) is 14.4. The molecule has 9 heteroatoms. The third-order valence-corrected chi connectivity index (χ3v) is 6.84. The van der Waals surface area contributed by atoms with Crippen molar-refractivity contribution in [1.29, 1.82) is 0 Å². The first kappa shape index (κ1) is 23.9. The molecule has 1 aliphatic heterocycles. The number of benzene rings is 2. The Kier molecular flexibility index (Phi) is 8.00. The first-order valence-corrected chi connectivity index (χ1v) is 11.9. The standard InChI is InChI=1S/C23H28N2O6S/c1-17(2)31-22(26)16-21(18-7-4-3-5-8-18)24-23(27)19-9-6-10-20(15-19)32(28,29)25-11-13-30-14-12-25/h3-10,15,17,21H,11-14,16H2,1-2H3,(H,24,27). The third kappa shape index (κ3) is 6.15. The van der Waals surface area contributed by atoms with Crippen LogP contribution in [0.5, 0.6) is 0 Å². The maximum absolute atomic E-state index is 13.0. The van der Waals surface area contributed by atoms with E-state index in [4.69, 9.17) is 9.47 Å². The van der Waals surface area contributed by atoms with Gasteiger partial charge in [0.25, 0.3) is 5.91 Å². The van der Waals surface area contributed by atoms with E-state index in [1.807, 2.05) is 30.3 Å². The van der Waals surface area contributed by atoms with Crippen LogP contribution in [0.2, 0.25) is 0 Å². The van der Waals surface area contributed by atoms with E-state index in [-0.39, 0.29) is 36.1 Å². The fourth-order valence-electron chi connectivity index (χ4n) is 3.39. The molecule has 32 heavy (non-hydrogen) atoms. The highest BCUT2D eigenvalue weighted by molar-refractivity contribution is 7.89. The van der Waals surface area contributed by atoms with Gasteiger partial charge in [0.05, 0.1) is 36.7 Å². The highest BCUT2D eigenvalue weighted by Gasteiger charge is 2.27. The fraction of sp³-hybridized carbons (Fsp3) is 0.391. The average Bonchev–Trinajstić information content (AvgIpc) is 2.79. The van der Waals surface area contributed by atoms with Crippen molar-refractivity contribution in [2.24, 2.45) is 0 Å². The molecule has 1 atom stereocenters. The minimum Gasteiger partial charge on any atom is -0.463 e. The Bertz CT molecular complexity index is 1030. The van der Waals surface area contributed by atoms with Crippen molar-refractivity contribution in [3.8, 4) is 0 Å². The minimum atomic E-state index is -3.73. The lowest BCUT2D eigenvalue weighted by molar-refractivity contribution is -0.147. The lowest BCUT2D eigenvalue weighted by Gasteiger charge is -2.26. The summed E-state index contributed by atoms with van der Waals surface area (Å²) in [6.07, 6.45) is -0.309. The normalized spacial score (nSPS) is 15.8. The van der Waals surface area contributed by atoms with E-state index >= 15 is 0 Å². The Morgan fingerprint density at radius 1 is 1.06 bits per heavy atom. The van der Waals surface area contributed by atoms with Crippen LogP contribution in [0.3, 0.4) is 0 Å². The number of morpholine rings is 1. The van der Waals surface area contributed by atoms with Crippen LogP contribution in [-0.2, 0) is 24.3 Å². The molecule has 1 aliphatic rings. The number of carbonyl (C=O) groups is 2. The SMILES string of the molecule is CC(C)OC(=O)CC(NC(=O)c1cccc(S(=O)(=O)N2CCOCC2)c1)c1ccccc1. The van der Waals surface area contributed by atoms with Gasteiger partial charge in [-0.3, -0.25) is 9.59 Å². The predicted octanol–water partition coefficient (Wildman–Crippen LogP) is 2.52. The van der Waals surface area contributed by atoms with Gasteiger partial charge in [-0.05, 0) is 37.6 Å². The van der Waals surface area contributed by atoms with E-state index < -0.39 is 27.9 Å². The van der Waals surface area contributed by atoms with Gasteiger partial charge in [0.1, 0.15) is 0 Å². The maximum atomic E-state index is 13.0. The Balaban J connectivity index is 1.80. The average molecular weight is 461 g/mol. The molecule has 2 aromatic rings. The highest BCUT2D eigenvalue weighted by Crippen LogP contribution is 2.21. The topological polar surface area (TPSA) is 102 Å². The molecule has 2 aromatic carbocycles. The van der Waals surface area contributed by atoms with E-state index in [2.05, 4.69) is 5.32 Å². The van der Waals surface area contributed by atoms with E-state index in [9.17, 15) is 18.0 Å². The Hall–Kier alpha value is -2.75. The van der Waals surface area contributed by atoms with Crippen molar-refractivity contribution < 1.29 is 27.5 Å². The van der Waals surface area contributed by atoms with E-state index in [1.54, 1.807) is 19.9 Å². The van der Waals surface area contributed by atoms with Crippen molar-refractivity contribution in [2.45, 2.75) is 37.3 Å². The minimum absolute atomic E-state index is 0.0420. The van der Waals surface area contributed by atoms with Gasteiger partial charge < -0.3 is 14.8 Å². The van der Waals surface area contributed by atoms with E-state index in [0.717, 1.165) is 5.56 Å². The predicted molar refractivity (Wildman–Crippen MR) is 119 cm³/mol. The number of sulfonamides is 1. The van der Waals surface area contributed by atoms with Gasteiger partial charge in [0.2, 0.25) is 10.0 Å².